The van der Waals surface area contributed by atoms with Gasteiger partial charge in [-0.1, -0.05) is 24.3 Å². The minimum Gasteiger partial charge on any atom is -0.372 e. The van der Waals surface area contributed by atoms with Crippen molar-refractivity contribution >= 4 is 5.78 Å². The summed E-state index contributed by atoms with van der Waals surface area (Å²) in [5.41, 5.74) is 6.64. The summed E-state index contributed by atoms with van der Waals surface area (Å²) in [5, 5.41) is 9.62. The second kappa shape index (κ2) is 4.55. The van der Waals surface area contributed by atoms with Crippen molar-refractivity contribution < 1.29 is 9.90 Å². The largest absolute Gasteiger partial charge is 0.372 e. The number of hydrogen-bond acceptors (Lipinski definition) is 3. The standard InChI is InChI=1S/C9H11NO.C3H6O/c10-9(11)6-5-7-3-1-2-4-8(7)9;1-3(2)4/h1-4,11H,5-6,10H2;1-2H3. The SMILES string of the molecule is CC(C)=O.NC1(O)CCc2ccccc21. The molecule has 3 N–H and O–H groups in total. The van der Waals surface area contributed by atoms with E-state index in [1.165, 1.54) is 19.4 Å². The van der Waals surface area contributed by atoms with Crippen LogP contribution in [0.2, 0.25) is 0 Å². The van der Waals surface area contributed by atoms with E-state index in [1.807, 2.05) is 24.3 Å². The number of Topliss-reactive ketones (excluding diaryl/α,β-unsaturated/α-hetero) is 1. The van der Waals surface area contributed by atoms with E-state index in [9.17, 15) is 9.90 Å². The first-order valence-electron chi connectivity index (χ1n) is 5.00. The summed E-state index contributed by atoms with van der Waals surface area (Å²) in [5.74, 6) is 0.167. The van der Waals surface area contributed by atoms with Gasteiger partial charge in [-0.2, -0.15) is 0 Å². The first-order valence-corrected chi connectivity index (χ1v) is 5.00. The molecule has 0 aromatic heterocycles. The van der Waals surface area contributed by atoms with Gasteiger partial charge in [0.25, 0.3) is 0 Å². The van der Waals surface area contributed by atoms with Crippen molar-refractivity contribution in [2.24, 2.45) is 5.73 Å². The molecule has 1 aliphatic carbocycles. The van der Waals surface area contributed by atoms with Crippen molar-refractivity contribution in [1.82, 2.24) is 0 Å². The van der Waals surface area contributed by atoms with E-state index in [4.69, 9.17) is 5.73 Å². The fourth-order valence-corrected chi connectivity index (χ4v) is 1.62. The molecule has 15 heavy (non-hydrogen) atoms. The summed E-state index contributed by atoms with van der Waals surface area (Å²) >= 11 is 0. The van der Waals surface area contributed by atoms with Crippen LogP contribution in [0.15, 0.2) is 24.3 Å². The highest BCUT2D eigenvalue weighted by Gasteiger charge is 2.31. The van der Waals surface area contributed by atoms with Crippen LogP contribution in [0.1, 0.15) is 31.4 Å². The quantitative estimate of drug-likeness (QED) is 0.631. The van der Waals surface area contributed by atoms with Crippen molar-refractivity contribution in [3.05, 3.63) is 35.4 Å². The first-order chi connectivity index (χ1) is 6.93. The lowest BCUT2D eigenvalue weighted by Crippen LogP contribution is -2.33. The molecule has 1 aromatic rings. The minimum absolute atomic E-state index is 0.167. The van der Waals surface area contributed by atoms with Crippen LogP contribution < -0.4 is 5.73 Å². The van der Waals surface area contributed by atoms with E-state index in [0.717, 1.165) is 12.0 Å². The first kappa shape index (κ1) is 11.9. The molecule has 1 unspecified atom stereocenters. The number of benzene rings is 1. The van der Waals surface area contributed by atoms with E-state index in [0.29, 0.717) is 6.42 Å². The topological polar surface area (TPSA) is 63.3 Å². The molecule has 3 nitrogen and oxygen atoms in total. The van der Waals surface area contributed by atoms with E-state index in [-0.39, 0.29) is 5.78 Å². The number of carbonyl (C=O) groups excluding carboxylic acids is 1. The zero-order chi connectivity index (χ0) is 11.5. The number of aryl methyl sites for hydroxylation is 1. The maximum Gasteiger partial charge on any atom is 0.140 e. The number of nitrogens with two attached hydrogens (primary N) is 1. The fraction of sp³-hybridized carbons (Fsp3) is 0.417. The normalized spacial score (nSPS) is 22.7. The zero-order valence-corrected chi connectivity index (χ0v) is 9.16. The summed E-state index contributed by atoms with van der Waals surface area (Å²) < 4.78 is 0. The van der Waals surface area contributed by atoms with Gasteiger partial charge in [0.2, 0.25) is 0 Å². The summed E-state index contributed by atoms with van der Waals surface area (Å²) in [6.07, 6.45) is 1.54. The highest BCUT2D eigenvalue weighted by molar-refractivity contribution is 5.72. The monoisotopic (exact) mass is 207 g/mol. The zero-order valence-electron chi connectivity index (χ0n) is 9.16. The van der Waals surface area contributed by atoms with Crippen molar-refractivity contribution in [2.75, 3.05) is 0 Å². The second-order valence-electron chi connectivity index (χ2n) is 3.99. The third-order valence-corrected chi connectivity index (χ3v) is 2.26. The van der Waals surface area contributed by atoms with Gasteiger partial charge in [-0.3, -0.25) is 5.73 Å². The molecule has 0 saturated carbocycles. The molecule has 3 heteroatoms. The Morgan fingerprint density at radius 2 is 1.93 bits per heavy atom. The van der Waals surface area contributed by atoms with Crippen LogP contribution in [0.3, 0.4) is 0 Å². The van der Waals surface area contributed by atoms with Crippen molar-refractivity contribution in [2.45, 2.75) is 32.4 Å². The van der Waals surface area contributed by atoms with Crippen LogP contribution >= 0.6 is 0 Å². The Labute approximate surface area is 89.9 Å². The van der Waals surface area contributed by atoms with Crippen LogP contribution in [0, 0.1) is 0 Å². The molecular weight excluding hydrogens is 190 g/mol. The molecule has 0 heterocycles. The van der Waals surface area contributed by atoms with Gasteiger partial charge in [-0.05, 0) is 32.3 Å². The third-order valence-electron chi connectivity index (χ3n) is 2.26. The van der Waals surface area contributed by atoms with Gasteiger partial charge < -0.3 is 9.90 Å². The number of hydrogen-bond donors (Lipinski definition) is 2. The number of rotatable bonds is 0. The number of ketones is 1. The molecule has 0 aliphatic heterocycles. The molecule has 0 radical (unpaired) electrons. The van der Waals surface area contributed by atoms with Gasteiger partial charge in [0.15, 0.2) is 0 Å². The highest BCUT2D eigenvalue weighted by Crippen LogP contribution is 2.31. The molecule has 2 rings (SSSR count). The van der Waals surface area contributed by atoms with E-state index < -0.39 is 5.72 Å². The molecule has 0 bridgehead atoms. The predicted octanol–water partition coefficient (Wildman–Crippen LogP) is 1.33. The maximum absolute atomic E-state index is 9.62. The predicted molar refractivity (Wildman–Crippen MR) is 59.2 cm³/mol. The molecule has 0 spiro atoms. The molecule has 1 aliphatic rings. The smallest absolute Gasteiger partial charge is 0.140 e. The molecule has 0 fully saturated rings. The van der Waals surface area contributed by atoms with Crippen LogP contribution in [0.5, 0.6) is 0 Å². The van der Waals surface area contributed by atoms with Gasteiger partial charge in [0.05, 0.1) is 0 Å². The summed E-state index contributed by atoms with van der Waals surface area (Å²) in [4.78, 5) is 9.44. The Hall–Kier alpha value is -1.19. The van der Waals surface area contributed by atoms with Gasteiger partial charge in [-0.15, -0.1) is 0 Å². The number of carbonyl (C=O) groups is 1. The Bertz CT molecular complexity index is 354. The Morgan fingerprint density at radius 3 is 2.47 bits per heavy atom. The van der Waals surface area contributed by atoms with E-state index in [2.05, 4.69) is 0 Å². The van der Waals surface area contributed by atoms with Crippen molar-refractivity contribution in [3.63, 3.8) is 0 Å². The van der Waals surface area contributed by atoms with Crippen LogP contribution in [-0.2, 0) is 16.9 Å². The van der Waals surface area contributed by atoms with Gasteiger partial charge >= 0.3 is 0 Å². The van der Waals surface area contributed by atoms with Crippen LogP contribution in [0.25, 0.3) is 0 Å². The fourth-order valence-electron chi connectivity index (χ4n) is 1.62. The van der Waals surface area contributed by atoms with Gasteiger partial charge in [0, 0.05) is 5.56 Å². The molecule has 0 amide bonds. The Balaban J connectivity index is 0.000000245. The minimum atomic E-state index is -1.07. The molecule has 1 atom stereocenters. The number of fused-ring (bicyclic) bond motifs is 1. The lowest BCUT2D eigenvalue weighted by Gasteiger charge is -2.16. The average molecular weight is 207 g/mol. The molecular formula is C12H17NO2. The van der Waals surface area contributed by atoms with Crippen LogP contribution in [-0.4, -0.2) is 10.9 Å². The lowest BCUT2D eigenvalue weighted by atomic mass is 10.1. The van der Waals surface area contributed by atoms with Gasteiger partial charge in [0.1, 0.15) is 11.5 Å². The van der Waals surface area contributed by atoms with Crippen molar-refractivity contribution in [3.8, 4) is 0 Å². The molecule has 82 valence electrons. The molecule has 1 aromatic carbocycles. The third kappa shape index (κ3) is 3.15. The number of aliphatic hydroxyl groups is 1. The van der Waals surface area contributed by atoms with E-state index in [1.54, 1.807) is 0 Å². The Morgan fingerprint density at radius 1 is 1.40 bits per heavy atom. The lowest BCUT2D eigenvalue weighted by molar-refractivity contribution is -0.114. The maximum atomic E-state index is 9.62. The summed E-state index contributed by atoms with van der Waals surface area (Å²) in [6, 6.07) is 7.78. The van der Waals surface area contributed by atoms with E-state index >= 15 is 0 Å². The van der Waals surface area contributed by atoms with Gasteiger partial charge in [-0.25, -0.2) is 0 Å². The summed E-state index contributed by atoms with van der Waals surface area (Å²) in [6.45, 7) is 3.06. The average Bonchev–Trinajstić information content (AvgIpc) is 2.43. The molecule has 0 saturated heterocycles. The highest BCUT2D eigenvalue weighted by atomic mass is 16.3. The second-order valence-corrected chi connectivity index (χ2v) is 3.99. The summed E-state index contributed by atoms with van der Waals surface area (Å²) in [7, 11) is 0. The van der Waals surface area contributed by atoms with Crippen LogP contribution in [0.4, 0.5) is 0 Å². The Kier molecular flexibility index (Phi) is 3.61. The van der Waals surface area contributed by atoms with Crippen molar-refractivity contribution in [1.29, 1.82) is 0 Å².